The molecule has 20 heavy (non-hydrogen) atoms. The topological polar surface area (TPSA) is 104 Å². The molecule has 2 aromatic carbocycles. The van der Waals surface area contributed by atoms with Gasteiger partial charge in [0.05, 0.1) is 11.5 Å². The zero-order valence-electron chi connectivity index (χ0n) is 10.4. The first-order valence-corrected chi connectivity index (χ1v) is 7.28. The van der Waals surface area contributed by atoms with E-state index >= 15 is 0 Å². The fraction of sp³-hybridized carbons (Fsp3) is 0.154. The maximum Gasteiger partial charge on any atom is 0.324 e. The highest BCUT2D eigenvalue weighted by atomic mass is 32.2. The highest BCUT2D eigenvalue weighted by Gasteiger charge is 2.25. The Morgan fingerprint density at radius 1 is 1.15 bits per heavy atom. The molecule has 0 fully saturated rings. The van der Waals surface area contributed by atoms with E-state index in [1.54, 1.807) is 36.4 Å². The zero-order valence-corrected chi connectivity index (χ0v) is 11.2. The summed E-state index contributed by atoms with van der Waals surface area (Å²) in [6, 6.07) is 10.0. The van der Waals surface area contributed by atoms with Crippen LogP contribution in [0.4, 0.5) is 0 Å². The molecule has 0 aliphatic heterocycles. The van der Waals surface area contributed by atoms with Gasteiger partial charge in [0.1, 0.15) is 6.04 Å². The monoisotopic (exact) mass is 295 g/mol. The van der Waals surface area contributed by atoms with Crippen LogP contribution in [0.2, 0.25) is 0 Å². The van der Waals surface area contributed by atoms with Gasteiger partial charge in [-0.15, -0.1) is 0 Å². The Morgan fingerprint density at radius 2 is 1.80 bits per heavy atom. The normalized spacial score (nSPS) is 13.2. The van der Waals surface area contributed by atoms with Crippen LogP contribution in [-0.2, 0) is 14.8 Å². The lowest BCUT2D eigenvalue weighted by molar-refractivity contribution is -0.139. The second kappa shape index (κ2) is 5.58. The Bertz CT molecular complexity index is 736. The van der Waals surface area contributed by atoms with Crippen molar-refractivity contribution in [2.24, 2.45) is 0 Å². The minimum atomic E-state index is -4.03. The quantitative estimate of drug-likeness (QED) is 0.748. The van der Waals surface area contributed by atoms with Gasteiger partial charge in [0, 0.05) is 5.39 Å². The van der Waals surface area contributed by atoms with Crippen molar-refractivity contribution in [2.45, 2.75) is 10.9 Å². The molecule has 0 amide bonds. The second-order valence-electron chi connectivity index (χ2n) is 4.17. The SMILES string of the molecule is O=C(O)C(CO)NS(=O)(=O)c1cccc2ccccc12. The van der Waals surface area contributed by atoms with E-state index in [-0.39, 0.29) is 4.90 Å². The number of hydrogen-bond acceptors (Lipinski definition) is 4. The van der Waals surface area contributed by atoms with Crippen molar-refractivity contribution in [3.8, 4) is 0 Å². The third kappa shape index (κ3) is 2.79. The Kier molecular flexibility index (Phi) is 4.03. The number of hydrogen-bond donors (Lipinski definition) is 3. The largest absolute Gasteiger partial charge is 0.480 e. The molecule has 0 radical (unpaired) electrons. The fourth-order valence-corrected chi connectivity index (χ4v) is 3.26. The highest BCUT2D eigenvalue weighted by molar-refractivity contribution is 7.89. The first-order valence-electron chi connectivity index (χ1n) is 5.79. The van der Waals surface area contributed by atoms with Crippen LogP contribution in [0.15, 0.2) is 47.4 Å². The highest BCUT2D eigenvalue weighted by Crippen LogP contribution is 2.22. The molecule has 0 spiro atoms. The van der Waals surface area contributed by atoms with Crippen molar-refractivity contribution in [1.29, 1.82) is 0 Å². The molecule has 0 saturated heterocycles. The average molecular weight is 295 g/mol. The number of rotatable bonds is 5. The van der Waals surface area contributed by atoms with Gasteiger partial charge in [-0.25, -0.2) is 8.42 Å². The predicted molar refractivity (Wildman–Crippen MR) is 72.8 cm³/mol. The number of benzene rings is 2. The summed E-state index contributed by atoms with van der Waals surface area (Å²) in [5, 5.41) is 18.9. The molecule has 6 nitrogen and oxygen atoms in total. The lowest BCUT2D eigenvalue weighted by Crippen LogP contribution is -2.43. The van der Waals surface area contributed by atoms with Crippen LogP contribution in [-0.4, -0.2) is 37.2 Å². The summed E-state index contributed by atoms with van der Waals surface area (Å²) < 4.78 is 26.4. The lowest BCUT2D eigenvalue weighted by Gasteiger charge is -2.13. The van der Waals surface area contributed by atoms with Gasteiger partial charge in [-0.05, 0) is 11.5 Å². The Hall–Kier alpha value is -1.96. The van der Waals surface area contributed by atoms with E-state index in [0.717, 1.165) is 5.39 Å². The molecule has 0 saturated carbocycles. The van der Waals surface area contributed by atoms with Crippen molar-refractivity contribution in [2.75, 3.05) is 6.61 Å². The Morgan fingerprint density at radius 3 is 2.45 bits per heavy atom. The molecule has 2 aromatic rings. The molecule has 7 heteroatoms. The summed E-state index contributed by atoms with van der Waals surface area (Å²) in [6.07, 6.45) is 0. The van der Waals surface area contributed by atoms with Crippen LogP contribution in [0.5, 0.6) is 0 Å². The van der Waals surface area contributed by atoms with Crippen LogP contribution in [0, 0.1) is 0 Å². The van der Waals surface area contributed by atoms with Gasteiger partial charge < -0.3 is 10.2 Å². The summed E-state index contributed by atoms with van der Waals surface area (Å²) in [4.78, 5) is 10.8. The number of nitrogens with one attached hydrogen (secondary N) is 1. The van der Waals surface area contributed by atoms with E-state index in [2.05, 4.69) is 0 Å². The molecule has 0 heterocycles. The van der Waals surface area contributed by atoms with Gasteiger partial charge in [0.25, 0.3) is 0 Å². The summed E-state index contributed by atoms with van der Waals surface area (Å²) in [6.45, 7) is -0.820. The number of carboxylic acid groups (broad SMARTS) is 1. The Balaban J connectivity index is 2.50. The molecular weight excluding hydrogens is 282 g/mol. The average Bonchev–Trinajstić information content (AvgIpc) is 2.43. The van der Waals surface area contributed by atoms with Crippen LogP contribution >= 0.6 is 0 Å². The molecule has 1 unspecified atom stereocenters. The molecule has 1 atom stereocenters. The summed E-state index contributed by atoms with van der Waals surface area (Å²) in [7, 11) is -4.03. The molecular formula is C13H13NO5S. The maximum atomic E-state index is 12.2. The molecule has 2 rings (SSSR count). The number of carboxylic acids is 1. The molecule has 0 aliphatic carbocycles. The van der Waals surface area contributed by atoms with E-state index < -0.39 is 28.6 Å². The summed E-state index contributed by atoms with van der Waals surface area (Å²) >= 11 is 0. The zero-order chi connectivity index (χ0) is 14.8. The fourth-order valence-electron chi connectivity index (χ4n) is 1.85. The number of carbonyl (C=O) groups is 1. The smallest absolute Gasteiger partial charge is 0.324 e. The molecule has 0 aliphatic rings. The lowest BCUT2D eigenvalue weighted by atomic mass is 10.1. The van der Waals surface area contributed by atoms with Crippen LogP contribution in [0.25, 0.3) is 10.8 Å². The summed E-state index contributed by atoms with van der Waals surface area (Å²) in [5.74, 6) is -1.43. The molecule has 3 N–H and O–H groups in total. The van der Waals surface area contributed by atoms with E-state index in [0.29, 0.717) is 5.39 Å². The van der Waals surface area contributed by atoms with Crippen molar-refractivity contribution in [3.63, 3.8) is 0 Å². The molecule has 0 bridgehead atoms. The summed E-state index contributed by atoms with van der Waals surface area (Å²) in [5.41, 5.74) is 0. The van der Waals surface area contributed by atoms with Gasteiger partial charge in [0.15, 0.2) is 0 Å². The second-order valence-corrected chi connectivity index (χ2v) is 5.85. The van der Waals surface area contributed by atoms with Gasteiger partial charge in [-0.2, -0.15) is 4.72 Å². The van der Waals surface area contributed by atoms with Crippen LogP contribution in [0.3, 0.4) is 0 Å². The standard InChI is InChI=1S/C13H13NO5S/c15-8-11(13(16)17)14-20(18,19)12-7-3-5-9-4-1-2-6-10(9)12/h1-7,11,14-15H,8H2,(H,16,17). The Labute approximate surface area is 115 Å². The van der Waals surface area contributed by atoms with E-state index in [9.17, 15) is 13.2 Å². The van der Waals surface area contributed by atoms with E-state index in [1.165, 1.54) is 6.07 Å². The number of aliphatic hydroxyl groups excluding tert-OH is 1. The van der Waals surface area contributed by atoms with Gasteiger partial charge in [0.2, 0.25) is 10.0 Å². The molecule has 106 valence electrons. The number of fused-ring (bicyclic) bond motifs is 1. The third-order valence-corrected chi connectivity index (χ3v) is 4.35. The first kappa shape index (κ1) is 14.4. The van der Waals surface area contributed by atoms with Crippen LogP contribution < -0.4 is 4.72 Å². The molecule has 0 aromatic heterocycles. The maximum absolute atomic E-state index is 12.2. The van der Waals surface area contributed by atoms with E-state index in [1.807, 2.05) is 4.72 Å². The van der Waals surface area contributed by atoms with Gasteiger partial charge in [-0.3, -0.25) is 4.79 Å². The van der Waals surface area contributed by atoms with Crippen molar-refractivity contribution in [1.82, 2.24) is 4.72 Å². The number of aliphatic carboxylic acids is 1. The minimum absolute atomic E-state index is 0.0182. The minimum Gasteiger partial charge on any atom is -0.480 e. The van der Waals surface area contributed by atoms with Crippen molar-refractivity contribution >= 4 is 26.8 Å². The predicted octanol–water partition coefficient (Wildman–Crippen LogP) is 0.564. The van der Waals surface area contributed by atoms with Gasteiger partial charge >= 0.3 is 5.97 Å². The van der Waals surface area contributed by atoms with Crippen molar-refractivity contribution in [3.05, 3.63) is 42.5 Å². The number of sulfonamides is 1. The third-order valence-electron chi connectivity index (χ3n) is 2.82. The van der Waals surface area contributed by atoms with Gasteiger partial charge in [-0.1, -0.05) is 36.4 Å². The van der Waals surface area contributed by atoms with E-state index in [4.69, 9.17) is 10.2 Å². The first-order chi connectivity index (χ1) is 9.45. The van der Waals surface area contributed by atoms with Crippen molar-refractivity contribution < 1.29 is 23.4 Å². The number of aliphatic hydroxyl groups is 1. The van der Waals surface area contributed by atoms with Crippen LogP contribution in [0.1, 0.15) is 0 Å².